The fourth-order valence-electron chi connectivity index (χ4n) is 1.86. The molecule has 0 aliphatic heterocycles. The highest BCUT2D eigenvalue weighted by molar-refractivity contribution is 5.27. The first kappa shape index (κ1) is 15.0. The van der Waals surface area contributed by atoms with Gasteiger partial charge in [-0.1, -0.05) is 31.9 Å². The molecule has 0 fully saturated rings. The first-order chi connectivity index (χ1) is 8.61. The third-order valence-corrected chi connectivity index (χ3v) is 2.94. The number of rotatable bonds is 8. The minimum absolute atomic E-state index is 0.239. The number of nitrogens with one attached hydrogen (secondary N) is 1. The SMILES string of the molecule is CCCCC(C)NCc1ccc(OC(C)C)cc1. The highest BCUT2D eigenvalue weighted by atomic mass is 16.5. The zero-order valence-corrected chi connectivity index (χ0v) is 12.2. The maximum atomic E-state index is 5.63. The van der Waals surface area contributed by atoms with E-state index in [1.54, 1.807) is 0 Å². The van der Waals surface area contributed by atoms with Crippen LogP contribution in [0.15, 0.2) is 24.3 Å². The van der Waals surface area contributed by atoms with E-state index in [1.165, 1.54) is 24.8 Å². The van der Waals surface area contributed by atoms with Gasteiger partial charge < -0.3 is 10.1 Å². The lowest BCUT2D eigenvalue weighted by Gasteiger charge is -2.14. The minimum Gasteiger partial charge on any atom is -0.491 e. The van der Waals surface area contributed by atoms with Crippen molar-refractivity contribution in [3.63, 3.8) is 0 Å². The number of unbranched alkanes of at least 4 members (excludes halogenated alkanes) is 1. The highest BCUT2D eigenvalue weighted by Crippen LogP contribution is 2.14. The first-order valence-corrected chi connectivity index (χ1v) is 7.10. The number of hydrogen-bond acceptors (Lipinski definition) is 2. The van der Waals surface area contributed by atoms with Gasteiger partial charge in [-0.05, 0) is 44.9 Å². The van der Waals surface area contributed by atoms with E-state index >= 15 is 0 Å². The Morgan fingerprint density at radius 1 is 1.11 bits per heavy atom. The number of benzene rings is 1. The average molecular weight is 249 g/mol. The number of hydrogen-bond donors (Lipinski definition) is 1. The zero-order chi connectivity index (χ0) is 13.4. The van der Waals surface area contributed by atoms with Crippen molar-refractivity contribution < 1.29 is 4.74 Å². The van der Waals surface area contributed by atoms with Crippen molar-refractivity contribution in [1.29, 1.82) is 0 Å². The molecule has 1 N–H and O–H groups in total. The van der Waals surface area contributed by atoms with Crippen LogP contribution in [-0.2, 0) is 6.54 Å². The summed E-state index contributed by atoms with van der Waals surface area (Å²) in [5, 5.41) is 3.55. The molecule has 0 spiro atoms. The van der Waals surface area contributed by atoms with E-state index in [2.05, 4.69) is 31.3 Å². The van der Waals surface area contributed by atoms with Crippen molar-refractivity contribution in [2.24, 2.45) is 0 Å². The number of ether oxygens (including phenoxy) is 1. The molecule has 18 heavy (non-hydrogen) atoms. The van der Waals surface area contributed by atoms with Crippen molar-refractivity contribution in [2.75, 3.05) is 0 Å². The predicted octanol–water partition coefficient (Wildman–Crippen LogP) is 4.14. The molecule has 2 heteroatoms. The van der Waals surface area contributed by atoms with Crippen LogP contribution < -0.4 is 10.1 Å². The summed E-state index contributed by atoms with van der Waals surface area (Å²) >= 11 is 0. The largest absolute Gasteiger partial charge is 0.491 e. The Balaban J connectivity index is 2.34. The molecule has 0 aromatic heterocycles. The zero-order valence-electron chi connectivity index (χ0n) is 12.2. The summed E-state index contributed by atoms with van der Waals surface area (Å²) in [4.78, 5) is 0. The third kappa shape index (κ3) is 6.06. The molecule has 0 saturated heterocycles. The van der Waals surface area contributed by atoms with Crippen LogP contribution in [0, 0.1) is 0 Å². The maximum absolute atomic E-state index is 5.63. The second kappa shape index (κ2) is 8.15. The summed E-state index contributed by atoms with van der Waals surface area (Å²) in [5.41, 5.74) is 1.31. The Kier molecular flexibility index (Phi) is 6.81. The average Bonchev–Trinajstić information content (AvgIpc) is 2.35. The molecule has 0 saturated carbocycles. The van der Waals surface area contributed by atoms with Crippen LogP contribution in [-0.4, -0.2) is 12.1 Å². The van der Waals surface area contributed by atoms with E-state index < -0.39 is 0 Å². The van der Waals surface area contributed by atoms with Gasteiger partial charge in [0.1, 0.15) is 5.75 Å². The van der Waals surface area contributed by atoms with Crippen molar-refractivity contribution in [3.05, 3.63) is 29.8 Å². The van der Waals surface area contributed by atoms with Gasteiger partial charge in [0.15, 0.2) is 0 Å². The van der Waals surface area contributed by atoms with Crippen LogP contribution in [0.5, 0.6) is 5.75 Å². The third-order valence-electron chi connectivity index (χ3n) is 2.94. The van der Waals surface area contributed by atoms with Crippen LogP contribution in [0.4, 0.5) is 0 Å². The molecule has 1 atom stereocenters. The van der Waals surface area contributed by atoms with Gasteiger partial charge in [0.05, 0.1) is 6.10 Å². The second-order valence-electron chi connectivity index (χ2n) is 5.23. The standard InChI is InChI=1S/C16H27NO/c1-5-6-7-14(4)17-12-15-8-10-16(11-9-15)18-13(2)3/h8-11,13-14,17H,5-7,12H2,1-4H3. The van der Waals surface area contributed by atoms with Gasteiger partial charge in [-0.2, -0.15) is 0 Å². The van der Waals surface area contributed by atoms with Crippen LogP contribution in [0.2, 0.25) is 0 Å². The Labute approximate surface area is 112 Å². The van der Waals surface area contributed by atoms with Gasteiger partial charge in [0.2, 0.25) is 0 Å². The van der Waals surface area contributed by atoms with Crippen molar-refractivity contribution in [2.45, 2.75) is 65.6 Å². The van der Waals surface area contributed by atoms with Crippen LogP contribution in [0.1, 0.15) is 52.5 Å². The molecule has 0 radical (unpaired) electrons. The van der Waals surface area contributed by atoms with Gasteiger partial charge in [0.25, 0.3) is 0 Å². The van der Waals surface area contributed by atoms with Crippen LogP contribution in [0.3, 0.4) is 0 Å². The molecule has 0 heterocycles. The van der Waals surface area contributed by atoms with Crippen molar-refractivity contribution >= 4 is 0 Å². The van der Waals surface area contributed by atoms with E-state index in [1.807, 2.05) is 26.0 Å². The Hall–Kier alpha value is -1.02. The predicted molar refractivity (Wildman–Crippen MR) is 78.0 cm³/mol. The van der Waals surface area contributed by atoms with Gasteiger partial charge in [0, 0.05) is 12.6 Å². The maximum Gasteiger partial charge on any atom is 0.119 e. The molecular weight excluding hydrogens is 222 g/mol. The quantitative estimate of drug-likeness (QED) is 0.747. The molecule has 0 aliphatic rings. The van der Waals surface area contributed by atoms with E-state index in [0.717, 1.165) is 12.3 Å². The summed E-state index contributed by atoms with van der Waals surface area (Å²) in [6, 6.07) is 8.97. The van der Waals surface area contributed by atoms with Crippen molar-refractivity contribution in [1.82, 2.24) is 5.32 Å². The van der Waals surface area contributed by atoms with E-state index in [0.29, 0.717) is 6.04 Å². The lowest BCUT2D eigenvalue weighted by atomic mass is 10.1. The summed E-state index contributed by atoms with van der Waals surface area (Å²) in [7, 11) is 0. The fraction of sp³-hybridized carbons (Fsp3) is 0.625. The smallest absolute Gasteiger partial charge is 0.119 e. The van der Waals surface area contributed by atoms with Gasteiger partial charge in [-0.25, -0.2) is 0 Å². The first-order valence-electron chi connectivity index (χ1n) is 7.10. The lowest BCUT2D eigenvalue weighted by molar-refractivity contribution is 0.242. The topological polar surface area (TPSA) is 21.3 Å². The summed E-state index contributed by atoms with van der Waals surface area (Å²) in [6.45, 7) is 9.52. The molecule has 0 bridgehead atoms. The molecule has 2 nitrogen and oxygen atoms in total. The Morgan fingerprint density at radius 3 is 2.33 bits per heavy atom. The molecular formula is C16H27NO. The van der Waals surface area contributed by atoms with E-state index in [-0.39, 0.29) is 6.10 Å². The molecule has 102 valence electrons. The normalized spacial score (nSPS) is 12.7. The van der Waals surface area contributed by atoms with E-state index in [9.17, 15) is 0 Å². The van der Waals surface area contributed by atoms with Gasteiger partial charge in [-0.15, -0.1) is 0 Å². The van der Waals surface area contributed by atoms with Crippen LogP contribution in [0.25, 0.3) is 0 Å². The summed E-state index contributed by atoms with van der Waals surface area (Å²) in [6.07, 6.45) is 4.07. The molecule has 1 rings (SSSR count). The van der Waals surface area contributed by atoms with Crippen molar-refractivity contribution in [3.8, 4) is 5.75 Å². The van der Waals surface area contributed by atoms with Gasteiger partial charge >= 0.3 is 0 Å². The Bertz CT molecular complexity index is 318. The minimum atomic E-state index is 0.239. The Morgan fingerprint density at radius 2 is 1.78 bits per heavy atom. The summed E-state index contributed by atoms with van der Waals surface area (Å²) in [5.74, 6) is 0.952. The molecule has 1 aromatic rings. The second-order valence-corrected chi connectivity index (χ2v) is 5.23. The molecule has 1 aromatic carbocycles. The molecule has 1 unspecified atom stereocenters. The lowest BCUT2D eigenvalue weighted by Crippen LogP contribution is -2.25. The summed E-state index contributed by atoms with van der Waals surface area (Å²) < 4.78 is 5.63. The molecule has 0 aliphatic carbocycles. The van der Waals surface area contributed by atoms with E-state index in [4.69, 9.17) is 4.74 Å². The van der Waals surface area contributed by atoms with Gasteiger partial charge in [-0.3, -0.25) is 0 Å². The van der Waals surface area contributed by atoms with Crippen LogP contribution >= 0.6 is 0 Å². The monoisotopic (exact) mass is 249 g/mol. The highest BCUT2D eigenvalue weighted by Gasteiger charge is 2.02. The fourth-order valence-corrected chi connectivity index (χ4v) is 1.86. The molecule has 0 amide bonds.